The van der Waals surface area contributed by atoms with E-state index >= 15 is 0 Å². The minimum Gasteiger partial charge on any atom is -0.315 e. The number of imidazole rings is 1. The van der Waals surface area contributed by atoms with Crippen molar-refractivity contribution in [1.82, 2.24) is 29.8 Å². The first-order chi connectivity index (χ1) is 11.3. The zero-order valence-corrected chi connectivity index (χ0v) is 12.4. The summed E-state index contributed by atoms with van der Waals surface area (Å²) < 4.78 is 3.62. The number of aryl methyl sites for hydroxylation is 1. The highest BCUT2D eigenvalue weighted by Crippen LogP contribution is 2.20. The van der Waals surface area contributed by atoms with Crippen molar-refractivity contribution in [3.8, 4) is 5.69 Å². The predicted octanol–water partition coefficient (Wildman–Crippen LogP) is 1.45. The van der Waals surface area contributed by atoms with Crippen molar-refractivity contribution in [3.05, 3.63) is 48.2 Å². The Bertz CT molecular complexity index is 820. The van der Waals surface area contributed by atoms with Crippen LogP contribution in [0.25, 0.3) is 5.69 Å². The van der Waals surface area contributed by atoms with E-state index in [0.29, 0.717) is 5.56 Å². The van der Waals surface area contributed by atoms with Crippen molar-refractivity contribution in [1.29, 1.82) is 0 Å². The lowest BCUT2D eigenvalue weighted by Gasteiger charge is -2.16. The molecule has 3 heterocycles. The van der Waals surface area contributed by atoms with Gasteiger partial charge in [0.05, 0.1) is 11.9 Å². The topological polar surface area (TPSA) is 90.5 Å². The summed E-state index contributed by atoms with van der Waals surface area (Å²) in [5, 5.41) is 13.9. The molecule has 1 aromatic carbocycles. The number of aromatic nitrogens is 6. The second-order valence-electron chi connectivity index (χ2n) is 5.42. The maximum Gasteiger partial charge on any atom is 0.256 e. The summed E-state index contributed by atoms with van der Waals surface area (Å²) in [6.07, 6.45) is 6.48. The van der Waals surface area contributed by atoms with E-state index in [4.69, 9.17) is 0 Å². The average Bonchev–Trinajstić information content (AvgIpc) is 3.25. The zero-order chi connectivity index (χ0) is 15.6. The number of fused-ring (bicyclic) bond motifs is 1. The van der Waals surface area contributed by atoms with Crippen molar-refractivity contribution in [3.63, 3.8) is 0 Å². The highest BCUT2D eigenvalue weighted by Gasteiger charge is 2.16. The first-order valence-electron chi connectivity index (χ1n) is 7.50. The monoisotopic (exact) mass is 309 g/mol. The van der Waals surface area contributed by atoms with E-state index in [0.717, 1.165) is 43.1 Å². The number of carbonyl (C=O) groups is 1. The Morgan fingerprint density at radius 1 is 1.17 bits per heavy atom. The minimum absolute atomic E-state index is 0.151. The number of rotatable bonds is 3. The molecule has 1 aliphatic heterocycles. The molecule has 116 valence electrons. The molecular formula is C15H15N7O. The standard InChI is InChI=1S/C15H15N7O/c23-15(18-14-9-16-13-3-1-2-8-21(13)14)11-4-6-12(7-5-11)22-10-17-19-20-22/h4-7,9-10H,1-3,8H2,(H,18,23). The van der Waals surface area contributed by atoms with Crippen LogP contribution in [0.4, 0.5) is 5.82 Å². The lowest BCUT2D eigenvalue weighted by molar-refractivity contribution is 0.102. The maximum atomic E-state index is 12.4. The predicted molar refractivity (Wildman–Crippen MR) is 82.3 cm³/mol. The molecule has 0 spiro atoms. The quantitative estimate of drug-likeness (QED) is 0.790. The molecule has 1 amide bonds. The summed E-state index contributed by atoms with van der Waals surface area (Å²) in [5.41, 5.74) is 1.38. The zero-order valence-electron chi connectivity index (χ0n) is 12.4. The molecular weight excluding hydrogens is 294 g/mol. The number of amides is 1. The summed E-state index contributed by atoms with van der Waals surface area (Å²) >= 11 is 0. The molecule has 8 nitrogen and oxygen atoms in total. The van der Waals surface area contributed by atoms with E-state index in [2.05, 4.69) is 30.4 Å². The first-order valence-corrected chi connectivity index (χ1v) is 7.50. The highest BCUT2D eigenvalue weighted by atomic mass is 16.1. The van der Waals surface area contributed by atoms with E-state index in [-0.39, 0.29) is 5.91 Å². The summed E-state index contributed by atoms with van der Waals surface area (Å²) in [6, 6.07) is 7.11. The Labute approximate surface area is 132 Å². The second kappa shape index (κ2) is 5.64. The van der Waals surface area contributed by atoms with Gasteiger partial charge in [0.1, 0.15) is 18.0 Å². The van der Waals surface area contributed by atoms with E-state index in [1.807, 2.05) is 0 Å². The van der Waals surface area contributed by atoms with Gasteiger partial charge < -0.3 is 9.88 Å². The molecule has 0 fully saturated rings. The van der Waals surface area contributed by atoms with E-state index < -0.39 is 0 Å². The van der Waals surface area contributed by atoms with Crippen LogP contribution in [0, 0.1) is 0 Å². The fourth-order valence-electron chi connectivity index (χ4n) is 2.75. The third kappa shape index (κ3) is 2.59. The first kappa shape index (κ1) is 13.6. The fourth-order valence-corrected chi connectivity index (χ4v) is 2.75. The number of hydrogen-bond donors (Lipinski definition) is 1. The van der Waals surface area contributed by atoms with Gasteiger partial charge in [-0.05, 0) is 47.5 Å². The summed E-state index contributed by atoms with van der Waals surface area (Å²) in [5.74, 6) is 1.65. The summed E-state index contributed by atoms with van der Waals surface area (Å²) in [7, 11) is 0. The van der Waals surface area contributed by atoms with Crippen molar-refractivity contribution in [2.24, 2.45) is 0 Å². The second-order valence-corrected chi connectivity index (χ2v) is 5.42. The molecule has 0 saturated carbocycles. The van der Waals surface area contributed by atoms with Gasteiger partial charge in [-0.15, -0.1) is 5.10 Å². The molecule has 0 saturated heterocycles. The third-order valence-electron chi connectivity index (χ3n) is 3.95. The van der Waals surface area contributed by atoms with Gasteiger partial charge in [0.25, 0.3) is 5.91 Å². The number of hydrogen-bond acceptors (Lipinski definition) is 5. The van der Waals surface area contributed by atoms with Crippen molar-refractivity contribution in [2.45, 2.75) is 25.8 Å². The SMILES string of the molecule is O=C(Nc1cnc2n1CCCC2)c1ccc(-n2cnnn2)cc1. The Balaban J connectivity index is 1.52. The number of benzene rings is 1. The van der Waals surface area contributed by atoms with Crippen LogP contribution in [0.5, 0.6) is 0 Å². The van der Waals surface area contributed by atoms with Gasteiger partial charge in [-0.25, -0.2) is 9.67 Å². The lowest BCUT2D eigenvalue weighted by atomic mass is 10.2. The Morgan fingerprint density at radius 3 is 2.83 bits per heavy atom. The van der Waals surface area contributed by atoms with Crippen molar-refractivity contribution >= 4 is 11.7 Å². The van der Waals surface area contributed by atoms with E-state index in [1.54, 1.807) is 30.5 Å². The molecule has 2 aromatic heterocycles. The third-order valence-corrected chi connectivity index (χ3v) is 3.95. The number of anilines is 1. The van der Waals surface area contributed by atoms with Gasteiger partial charge in [0.15, 0.2) is 0 Å². The van der Waals surface area contributed by atoms with Crippen LogP contribution in [0.15, 0.2) is 36.8 Å². The van der Waals surface area contributed by atoms with Gasteiger partial charge in [-0.3, -0.25) is 4.79 Å². The molecule has 0 aliphatic carbocycles. The van der Waals surface area contributed by atoms with Crippen LogP contribution in [0.3, 0.4) is 0 Å². The fraction of sp³-hybridized carbons (Fsp3) is 0.267. The Morgan fingerprint density at radius 2 is 2.04 bits per heavy atom. The molecule has 0 atom stereocenters. The summed E-state index contributed by atoms with van der Waals surface area (Å²) in [4.78, 5) is 16.8. The molecule has 1 N–H and O–H groups in total. The van der Waals surface area contributed by atoms with Crippen LogP contribution >= 0.6 is 0 Å². The van der Waals surface area contributed by atoms with Gasteiger partial charge >= 0.3 is 0 Å². The molecule has 23 heavy (non-hydrogen) atoms. The average molecular weight is 309 g/mol. The van der Waals surface area contributed by atoms with Crippen LogP contribution in [0.1, 0.15) is 29.0 Å². The molecule has 1 aliphatic rings. The molecule has 0 unspecified atom stereocenters. The van der Waals surface area contributed by atoms with Gasteiger partial charge in [0, 0.05) is 18.5 Å². The largest absolute Gasteiger partial charge is 0.315 e. The van der Waals surface area contributed by atoms with Crippen LogP contribution in [-0.2, 0) is 13.0 Å². The van der Waals surface area contributed by atoms with E-state index in [9.17, 15) is 4.79 Å². The molecule has 0 bridgehead atoms. The minimum atomic E-state index is -0.151. The number of nitrogens with zero attached hydrogens (tertiary/aromatic N) is 6. The lowest BCUT2D eigenvalue weighted by Crippen LogP contribution is -2.18. The summed E-state index contributed by atoms with van der Waals surface area (Å²) in [6.45, 7) is 0.906. The molecule has 8 heteroatoms. The Kier molecular flexibility index (Phi) is 3.34. The maximum absolute atomic E-state index is 12.4. The Hall–Kier alpha value is -3.03. The normalized spacial score (nSPS) is 13.6. The van der Waals surface area contributed by atoms with Crippen LogP contribution < -0.4 is 5.32 Å². The number of nitrogens with one attached hydrogen (secondary N) is 1. The number of tetrazole rings is 1. The van der Waals surface area contributed by atoms with Gasteiger partial charge in [-0.2, -0.15) is 0 Å². The molecule has 4 rings (SSSR count). The molecule has 0 radical (unpaired) electrons. The number of carbonyl (C=O) groups excluding carboxylic acids is 1. The molecule has 3 aromatic rings. The highest BCUT2D eigenvalue weighted by molar-refractivity contribution is 6.03. The van der Waals surface area contributed by atoms with Crippen LogP contribution in [0.2, 0.25) is 0 Å². The van der Waals surface area contributed by atoms with Gasteiger partial charge in [-0.1, -0.05) is 0 Å². The van der Waals surface area contributed by atoms with Crippen LogP contribution in [-0.4, -0.2) is 35.7 Å². The van der Waals surface area contributed by atoms with E-state index in [1.165, 1.54) is 11.0 Å². The van der Waals surface area contributed by atoms with Gasteiger partial charge in [0.2, 0.25) is 0 Å². The van der Waals surface area contributed by atoms with Crippen molar-refractivity contribution < 1.29 is 4.79 Å². The van der Waals surface area contributed by atoms with Crippen molar-refractivity contribution in [2.75, 3.05) is 5.32 Å². The smallest absolute Gasteiger partial charge is 0.256 e.